The summed E-state index contributed by atoms with van der Waals surface area (Å²) in [5, 5.41) is 59.5. The lowest BCUT2D eigenvalue weighted by Gasteiger charge is -2.32. The maximum atomic E-state index is 14.4. The number of hydrogen-bond acceptors (Lipinski definition) is 13. The Kier molecular flexibility index (Phi) is 15.9. The van der Waals surface area contributed by atoms with Crippen molar-refractivity contribution >= 4 is 75.9 Å². The fourth-order valence-electron chi connectivity index (χ4n) is 7.49. The second-order valence-corrected chi connectivity index (χ2v) is 16.7. The van der Waals surface area contributed by atoms with Crippen molar-refractivity contribution < 1.29 is 63.6 Å². The normalized spacial score (nSPS) is 27.8. The van der Waals surface area contributed by atoms with Crippen LogP contribution in [0.1, 0.15) is 45.6 Å². The average molecular weight is 888 g/mol. The summed E-state index contributed by atoms with van der Waals surface area (Å²) in [6.07, 6.45) is -4.15. The molecule has 3 aliphatic rings. The van der Waals surface area contributed by atoms with Crippen molar-refractivity contribution in [1.82, 2.24) is 47.1 Å². The maximum absolute atomic E-state index is 14.4. The third kappa shape index (κ3) is 11.4. The number of rotatable bonds is 7. The van der Waals surface area contributed by atoms with E-state index in [1.54, 1.807) is 38.1 Å². The van der Waals surface area contributed by atoms with E-state index in [-0.39, 0.29) is 18.6 Å². The Morgan fingerprint density at radius 2 is 1.52 bits per heavy atom. The summed E-state index contributed by atoms with van der Waals surface area (Å²) >= 11 is 1.00. The molecule has 1 saturated heterocycles. The molecular formula is C39H53N9O13S. The Balaban J connectivity index is 1.69. The number of amides is 8. The van der Waals surface area contributed by atoms with Crippen LogP contribution < -0.4 is 37.2 Å². The van der Waals surface area contributed by atoms with Gasteiger partial charge in [-0.05, 0) is 17.5 Å². The second-order valence-electron chi connectivity index (χ2n) is 15.7. The number of thioether (sulfide) groups is 1. The first kappa shape index (κ1) is 47.3. The number of aromatic amines is 1. The van der Waals surface area contributed by atoms with E-state index in [9.17, 15) is 63.6 Å². The van der Waals surface area contributed by atoms with Crippen molar-refractivity contribution in [2.45, 2.75) is 99.9 Å². The lowest BCUT2D eigenvalue weighted by atomic mass is 9.93. The predicted molar refractivity (Wildman–Crippen MR) is 218 cm³/mol. The number of benzene rings is 1. The first-order chi connectivity index (χ1) is 29.4. The number of carbonyl (C=O) groups is 9. The van der Waals surface area contributed by atoms with Crippen LogP contribution in [0.15, 0.2) is 29.3 Å². The number of carboxylic acid groups (broad SMARTS) is 1. The number of hydrogen-bond donors (Lipinski definition) is 12. The first-order valence-electron chi connectivity index (χ1n) is 20.2. The molecule has 2 aromatic rings. The molecule has 3 aliphatic heterocycles. The summed E-state index contributed by atoms with van der Waals surface area (Å²) in [4.78, 5) is 127. The lowest BCUT2D eigenvalue weighted by molar-refractivity contribution is -0.146. The lowest BCUT2D eigenvalue weighted by Crippen LogP contribution is -2.62. The van der Waals surface area contributed by atoms with Gasteiger partial charge in [-0.25, -0.2) is 0 Å². The molecular weight excluding hydrogens is 835 g/mol. The van der Waals surface area contributed by atoms with Gasteiger partial charge in [0.25, 0.3) is 0 Å². The van der Waals surface area contributed by atoms with Gasteiger partial charge < -0.3 is 67.5 Å². The molecule has 2 bridgehead atoms. The molecule has 1 fully saturated rings. The van der Waals surface area contributed by atoms with Crippen molar-refractivity contribution in [1.29, 1.82) is 0 Å². The summed E-state index contributed by atoms with van der Waals surface area (Å²) in [5.74, 6) is -11.0. The molecule has 22 nitrogen and oxygen atoms in total. The standard InChI is InChI=1S/C39H53N9O13S/c1-4-17(2)31-36(59)41-12-28(52)42-25-16-62-38-21(20-7-5-6-8-22(20)45-38)10-23(33(56)40-13-29(53)46-31)43-37(60)32(18(3)27(51)15-49)47-35(58)26-9-19(50)14-48(26)39(61)24(11-30(54)55)44-34(25)57/h5-8,17-19,23-27,31-32,45,49-51H,4,9-16H2,1-3H3,(H,40,56)(H,41,59)(H,42,52)(H,43,60)(H,44,57)(H,46,53)(H,47,58)(H,54,55)/t17-,18-,19+,23?,24?,25?,26-,27-,31-,32-/m0/s1. The maximum Gasteiger partial charge on any atom is 0.305 e. The number of carbonyl (C=O) groups excluding carboxylic acids is 8. The van der Waals surface area contributed by atoms with E-state index in [4.69, 9.17) is 0 Å². The molecule has 0 radical (unpaired) electrons. The van der Waals surface area contributed by atoms with Gasteiger partial charge in [0.1, 0.15) is 36.3 Å². The molecule has 0 saturated carbocycles. The molecule has 1 aromatic heterocycles. The minimum absolute atomic E-state index is 0.276. The fraction of sp³-hybridized carbons (Fsp3) is 0.564. The Bertz CT molecular complexity index is 2070. The fourth-order valence-corrected chi connectivity index (χ4v) is 8.61. The number of nitrogens with one attached hydrogen (secondary N) is 8. The molecule has 0 spiro atoms. The quantitative estimate of drug-likeness (QED) is 0.126. The molecule has 1 aromatic carbocycles. The van der Waals surface area contributed by atoms with Crippen LogP contribution in [0.25, 0.3) is 10.9 Å². The average Bonchev–Trinajstić information content (AvgIpc) is 3.81. The van der Waals surface area contributed by atoms with E-state index in [0.717, 1.165) is 16.7 Å². The van der Waals surface area contributed by atoms with E-state index >= 15 is 0 Å². The minimum Gasteiger partial charge on any atom is -0.481 e. The molecule has 338 valence electrons. The molecule has 4 heterocycles. The molecule has 62 heavy (non-hydrogen) atoms. The van der Waals surface area contributed by atoms with Gasteiger partial charge in [0, 0.05) is 42.0 Å². The van der Waals surface area contributed by atoms with Crippen LogP contribution in [0, 0.1) is 11.8 Å². The van der Waals surface area contributed by atoms with Gasteiger partial charge in [0.2, 0.25) is 47.3 Å². The van der Waals surface area contributed by atoms with Crippen molar-refractivity contribution in [2.24, 2.45) is 11.8 Å². The summed E-state index contributed by atoms with van der Waals surface area (Å²) in [5.41, 5.74) is 1.00. The smallest absolute Gasteiger partial charge is 0.305 e. The van der Waals surface area contributed by atoms with E-state index in [1.165, 1.54) is 6.92 Å². The van der Waals surface area contributed by atoms with Crippen LogP contribution in [0.5, 0.6) is 0 Å². The molecule has 10 atom stereocenters. The number of carboxylic acids is 1. The highest BCUT2D eigenvalue weighted by atomic mass is 32.2. The molecule has 3 unspecified atom stereocenters. The number of para-hydroxylation sites is 1. The van der Waals surface area contributed by atoms with Crippen LogP contribution in [0.3, 0.4) is 0 Å². The highest BCUT2D eigenvalue weighted by molar-refractivity contribution is 7.99. The van der Waals surface area contributed by atoms with Gasteiger partial charge in [-0.15, -0.1) is 11.8 Å². The summed E-state index contributed by atoms with van der Waals surface area (Å²) < 4.78 is 0. The van der Waals surface area contributed by atoms with Crippen molar-refractivity contribution in [3.05, 3.63) is 29.8 Å². The Morgan fingerprint density at radius 1 is 0.839 bits per heavy atom. The summed E-state index contributed by atoms with van der Waals surface area (Å²) in [6, 6.07) is -2.39. The molecule has 8 amide bonds. The topological polar surface area (TPSA) is 338 Å². The number of aliphatic carboxylic acids is 1. The van der Waals surface area contributed by atoms with E-state index in [1.807, 2.05) is 0 Å². The zero-order chi connectivity index (χ0) is 45.4. The number of aliphatic hydroxyl groups excluding tert-OH is 3. The summed E-state index contributed by atoms with van der Waals surface area (Å²) in [7, 11) is 0. The van der Waals surface area contributed by atoms with Crippen LogP contribution in [-0.4, -0.2) is 164 Å². The number of nitrogens with zero attached hydrogens (tertiary/aromatic N) is 1. The molecule has 0 aliphatic carbocycles. The first-order valence-corrected chi connectivity index (χ1v) is 21.2. The van der Waals surface area contributed by atoms with Gasteiger partial charge in [0.05, 0.1) is 43.4 Å². The van der Waals surface area contributed by atoms with Crippen molar-refractivity contribution in [2.75, 3.05) is 32.0 Å². The third-order valence-electron chi connectivity index (χ3n) is 11.3. The predicted octanol–water partition coefficient (Wildman–Crippen LogP) is -4.04. The van der Waals surface area contributed by atoms with Crippen LogP contribution in [-0.2, 0) is 49.6 Å². The van der Waals surface area contributed by atoms with Crippen molar-refractivity contribution in [3.8, 4) is 0 Å². The largest absolute Gasteiger partial charge is 0.481 e. The van der Waals surface area contributed by atoms with Crippen LogP contribution in [0.2, 0.25) is 0 Å². The Hall–Kier alpha value is -5.78. The van der Waals surface area contributed by atoms with E-state index in [2.05, 4.69) is 42.2 Å². The van der Waals surface area contributed by atoms with Gasteiger partial charge >= 0.3 is 5.97 Å². The highest BCUT2D eigenvalue weighted by Crippen LogP contribution is 2.32. The Labute approximate surface area is 359 Å². The SMILES string of the molecule is CC[C@H](C)[C@@H]1NC(=O)CNC(=O)C2Cc3c([nH]c4ccccc34)SCC(NC(=O)CNC1=O)C(=O)NC(CC(=O)O)C(=O)N1C[C@H](O)C[C@H]1C(=O)N[C@@H]([C@@H](C)[C@@H](O)CO)C(=O)N2. The third-order valence-corrected chi connectivity index (χ3v) is 12.4. The highest BCUT2D eigenvalue weighted by Gasteiger charge is 2.45. The van der Waals surface area contributed by atoms with Crippen LogP contribution in [0.4, 0.5) is 0 Å². The van der Waals surface area contributed by atoms with Crippen molar-refractivity contribution in [3.63, 3.8) is 0 Å². The zero-order valence-electron chi connectivity index (χ0n) is 34.3. The van der Waals surface area contributed by atoms with Gasteiger partial charge in [-0.3, -0.25) is 43.2 Å². The number of H-pyrrole nitrogens is 1. The monoisotopic (exact) mass is 887 g/mol. The Morgan fingerprint density at radius 3 is 2.19 bits per heavy atom. The second kappa shape index (κ2) is 20.9. The molecule has 12 N–H and O–H groups in total. The number of fused-ring (bicyclic) bond motifs is 5. The van der Waals surface area contributed by atoms with E-state index in [0.29, 0.717) is 27.9 Å². The molecule has 23 heteroatoms. The van der Waals surface area contributed by atoms with Gasteiger partial charge in [-0.2, -0.15) is 0 Å². The van der Waals surface area contributed by atoms with E-state index < -0.39 is 146 Å². The van der Waals surface area contributed by atoms with Gasteiger partial charge in [0.15, 0.2) is 0 Å². The minimum atomic E-state index is -1.84. The summed E-state index contributed by atoms with van der Waals surface area (Å²) in [6.45, 7) is 2.12. The van der Waals surface area contributed by atoms with Gasteiger partial charge in [-0.1, -0.05) is 45.4 Å². The zero-order valence-corrected chi connectivity index (χ0v) is 35.1. The molecule has 5 rings (SSSR count). The van der Waals surface area contributed by atoms with Crippen LogP contribution >= 0.6 is 11.8 Å². The number of aliphatic hydroxyl groups is 3. The number of aromatic nitrogens is 1.